The molecule has 1 aromatic carbocycles. The van der Waals surface area contributed by atoms with E-state index in [9.17, 15) is 9.59 Å². The van der Waals surface area contributed by atoms with E-state index >= 15 is 0 Å². The molecule has 0 bridgehead atoms. The highest BCUT2D eigenvalue weighted by Crippen LogP contribution is 2.30. The zero-order chi connectivity index (χ0) is 17.8. The average Bonchev–Trinajstić information content (AvgIpc) is 3.26. The fourth-order valence-electron chi connectivity index (χ4n) is 2.83. The van der Waals surface area contributed by atoms with Crippen LogP contribution in [0.3, 0.4) is 0 Å². The molecular formula is C18H20N2O5. The van der Waals surface area contributed by atoms with Gasteiger partial charge in [-0.25, -0.2) is 0 Å². The summed E-state index contributed by atoms with van der Waals surface area (Å²) in [6.45, 7) is 0.741. The standard InChI is InChI=1S/C18H20N2O5/c1-23-13-5-6-15(16(9-13)24-2)19-18(22)12-8-17(21)20(10-12)11-14-4-3-7-25-14/h3-7,9,12H,8,10-11H2,1-2H3,(H,19,22). The molecule has 0 spiro atoms. The lowest BCUT2D eigenvalue weighted by Gasteiger charge is -2.16. The molecule has 7 nitrogen and oxygen atoms in total. The molecule has 0 radical (unpaired) electrons. The van der Waals surface area contributed by atoms with Gasteiger partial charge in [-0.2, -0.15) is 0 Å². The molecule has 0 aliphatic carbocycles. The van der Waals surface area contributed by atoms with Crippen LogP contribution in [-0.4, -0.2) is 37.5 Å². The summed E-state index contributed by atoms with van der Waals surface area (Å²) in [7, 11) is 3.08. The van der Waals surface area contributed by atoms with Gasteiger partial charge in [-0.3, -0.25) is 9.59 Å². The van der Waals surface area contributed by atoms with Crippen molar-refractivity contribution in [3.05, 3.63) is 42.4 Å². The number of hydrogen-bond acceptors (Lipinski definition) is 5. The molecule has 2 aromatic rings. The number of nitrogens with one attached hydrogen (secondary N) is 1. The molecule has 2 heterocycles. The summed E-state index contributed by atoms with van der Waals surface area (Å²) in [5, 5.41) is 2.83. The first-order valence-electron chi connectivity index (χ1n) is 7.93. The molecule has 1 aliphatic rings. The van der Waals surface area contributed by atoms with Gasteiger partial charge in [0.25, 0.3) is 0 Å². The fourth-order valence-corrected chi connectivity index (χ4v) is 2.83. The number of anilines is 1. The lowest BCUT2D eigenvalue weighted by atomic mass is 10.1. The van der Waals surface area contributed by atoms with Crippen molar-refractivity contribution in [2.75, 3.05) is 26.1 Å². The van der Waals surface area contributed by atoms with Gasteiger partial charge in [0.1, 0.15) is 17.3 Å². The molecule has 1 unspecified atom stereocenters. The number of furan rings is 1. The SMILES string of the molecule is COc1ccc(NC(=O)C2CC(=O)N(Cc3ccco3)C2)c(OC)c1. The Morgan fingerprint density at radius 3 is 2.84 bits per heavy atom. The van der Waals surface area contributed by atoms with Gasteiger partial charge in [-0.1, -0.05) is 0 Å². The number of carbonyl (C=O) groups excluding carboxylic acids is 2. The van der Waals surface area contributed by atoms with Crippen molar-refractivity contribution in [2.24, 2.45) is 5.92 Å². The van der Waals surface area contributed by atoms with Crippen LogP contribution in [0.15, 0.2) is 41.0 Å². The Morgan fingerprint density at radius 2 is 2.16 bits per heavy atom. The van der Waals surface area contributed by atoms with Gasteiger partial charge in [0.05, 0.1) is 38.6 Å². The minimum Gasteiger partial charge on any atom is -0.497 e. The van der Waals surface area contributed by atoms with Crippen molar-refractivity contribution in [2.45, 2.75) is 13.0 Å². The third kappa shape index (κ3) is 3.76. The normalized spacial score (nSPS) is 16.8. The number of rotatable bonds is 6. The molecule has 132 valence electrons. The van der Waals surface area contributed by atoms with Crippen LogP contribution in [0.1, 0.15) is 12.2 Å². The van der Waals surface area contributed by atoms with Crippen LogP contribution in [0, 0.1) is 5.92 Å². The molecule has 1 atom stereocenters. The fraction of sp³-hybridized carbons (Fsp3) is 0.333. The van der Waals surface area contributed by atoms with Gasteiger partial charge in [0.2, 0.25) is 11.8 Å². The Balaban J connectivity index is 1.65. The zero-order valence-electron chi connectivity index (χ0n) is 14.2. The number of amides is 2. The van der Waals surface area contributed by atoms with E-state index in [-0.39, 0.29) is 18.2 Å². The quantitative estimate of drug-likeness (QED) is 0.869. The van der Waals surface area contributed by atoms with Gasteiger partial charge < -0.3 is 24.1 Å². The number of methoxy groups -OCH3 is 2. The van der Waals surface area contributed by atoms with E-state index in [1.807, 2.05) is 6.07 Å². The first kappa shape index (κ1) is 16.9. The van der Waals surface area contributed by atoms with Gasteiger partial charge in [-0.05, 0) is 24.3 Å². The van der Waals surface area contributed by atoms with Crippen LogP contribution >= 0.6 is 0 Å². The highest BCUT2D eigenvalue weighted by molar-refractivity contribution is 5.98. The summed E-state index contributed by atoms with van der Waals surface area (Å²) >= 11 is 0. The Bertz CT molecular complexity index is 757. The minimum absolute atomic E-state index is 0.0572. The van der Waals surface area contributed by atoms with E-state index in [4.69, 9.17) is 13.9 Å². The summed E-state index contributed by atoms with van der Waals surface area (Å²) in [5.74, 6) is 1.16. The molecule has 25 heavy (non-hydrogen) atoms. The molecule has 1 aromatic heterocycles. The van der Waals surface area contributed by atoms with Gasteiger partial charge in [0.15, 0.2) is 0 Å². The van der Waals surface area contributed by atoms with Gasteiger partial charge >= 0.3 is 0 Å². The molecule has 1 saturated heterocycles. The summed E-state index contributed by atoms with van der Waals surface area (Å²) in [4.78, 5) is 26.3. The Kier molecular flexibility index (Phi) is 4.92. The number of ether oxygens (including phenoxy) is 2. The maximum Gasteiger partial charge on any atom is 0.229 e. The third-order valence-electron chi connectivity index (χ3n) is 4.18. The predicted octanol–water partition coefficient (Wildman–Crippen LogP) is 2.28. The van der Waals surface area contributed by atoms with Crippen molar-refractivity contribution in [1.29, 1.82) is 0 Å². The van der Waals surface area contributed by atoms with Crippen molar-refractivity contribution in [3.8, 4) is 11.5 Å². The van der Waals surface area contributed by atoms with Crippen molar-refractivity contribution >= 4 is 17.5 Å². The highest BCUT2D eigenvalue weighted by atomic mass is 16.5. The minimum atomic E-state index is -0.408. The summed E-state index contributed by atoms with van der Waals surface area (Å²) in [5.41, 5.74) is 0.547. The summed E-state index contributed by atoms with van der Waals surface area (Å²) in [6.07, 6.45) is 1.75. The first-order chi connectivity index (χ1) is 12.1. The van der Waals surface area contributed by atoms with Crippen LogP contribution in [0.2, 0.25) is 0 Å². The molecule has 1 fully saturated rings. The average molecular weight is 344 g/mol. The van der Waals surface area contributed by atoms with Crippen molar-refractivity contribution in [1.82, 2.24) is 4.90 Å². The largest absolute Gasteiger partial charge is 0.497 e. The number of carbonyl (C=O) groups is 2. The Morgan fingerprint density at radius 1 is 1.32 bits per heavy atom. The van der Waals surface area contributed by atoms with Crippen LogP contribution in [0.5, 0.6) is 11.5 Å². The summed E-state index contributed by atoms with van der Waals surface area (Å²) < 4.78 is 15.7. The van der Waals surface area contributed by atoms with E-state index < -0.39 is 5.92 Å². The lowest BCUT2D eigenvalue weighted by molar-refractivity contribution is -0.128. The molecule has 7 heteroatoms. The summed E-state index contributed by atoms with van der Waals surface area (Å²) in [6, 6.07) is 8.73. The number of nitrogens with zero attached hydrogens (tertiary/aromatic N) is 1. The first-order valence-corrected chi connectivity index (χ1v) is 7.93. The van der Waals surface area contributed by atoms with E-state index in [1.54, 1.807) is 42.5 Å². The second kappa shape index (κ2) is 7.29. The van der Waals surface area contributed by atoms with E-state index in [1.165, 1.54) is 7.11 Å². The second-order valence-electron chi connectivity index (χ2n) is 5.81. The van der Waals surface area contributed by atoms with E-state index in [2.05, 4.69) is 5.32 Å². The topological polar surface area (TPSA) is 81.0 Å². The highest BCUT2D eigenvalue weighted by Gasteiger charge is 2.34. The smallest absolute Gasteiger partial charge is 0.229 e. The molecule has 0 saturated carbocycles. The van der Waals surface area contributed by atoms with Crippen LogP contribution in [0.25, 0.3) is 0 Å². The number of benzene rings is 1. The van der Waals surface area contributed by atoms with Crippen molar-refractivity contribution < 1.29 is 23.5 Å². The molecular weight excluding hydrogens is 324 g/mol. The van der Waals surface area contributed by atoms with Crippen LogP contribution in [0.4, 0.5) is 5.69 Å². The van der Waals surface area contributed by atoms with Crippen LogP contribution in [-0.2, 0) is 16.1 Å². The second-order valence-corrected chi connectivity index (χ2v) is 5.81. The molecule has 2 amide bonds. The predicted molar refractivity (Wildman–Crippen MR) is 90.4 cm³/mol. The molecule has 1 aliphatic heterocycles. The molecule has 3 rings (SSSR count). The van der Waals surface area contributed by atoms with E-state index in [0.29, 0.717) is 36.0 Å². The Labute approximate surface area is 145 Å². The lowest BCUT2D eigenvalue weighted by Crippen LogP contribution is -2.28. The van der Waals surface area contributed by atoms with Crippen LogP contribution < -0.4 is 14.8 Å². The third-order valence-corrected chi connectivity index (χ3v) is 4.18. The van der Waals surface area contributed by atoms with Gasteiger partial charge in [0, 0.05) is 19.0 Å². The zero-order valence-corrected chi connectivity index (χ0v) is 14.2. The Hall–Kier alpha value is -2.96. The number of hydrogen-bond donors (Lipinski definition) is 1. The van der Waals surface area contributed by atoms with Crippen molar-refractivity contribution in [3.63, 3.8) is 0 Å². The maximum absolute atomic E-state index is 12.5. The van der Waals surface area contributed by atoms with E-state index in [0.717, 1.165) is 0 Å². The van der Waals surface area contributed by atoms with Gasteiger partial charge in [-0.15, -0.1) is 0 Å². The monoisotopic (exact) mass is 344 g/mol. The number of likely N-dealkylation sites (tertiary alicyclic amines) is 1. The molecule has 1 N–H and O–H groups in total. The maximum atomic E-state index is 12.5.